The van der Waals surface area contributed by atoms with Crippen molar-refractivity contribution < 1.29 is 18.0 Å². The molecule has 0 N–H and O–H groups in total. The van der Waals surface area contributed by atoms with Gasteiger partial charge in [-0.2, -0.15) is 0 Å². The average molecular weight is 397 g/mol. The van der Waals surface area contributed by atoms with Crippen LogP contribution < -0.4 is 0 Å². The largest absolute Gasteiger partial charge is 0.334 e. The van der Waals surface area contributed by atoms with Gasteiger partial charge in [0, 0.05) is 30.5 Å². The summed E-state index contributed by atoms with van der Waals surface area (Å²) in [5, 5.41) is 0. The van der Waals surface area contributed by atoms with Crippen molar-refractivity contribution in [3.8, 4) is 0 Å². The molecule has 2 fully saturated rings. The van der Waals surface area contributed by atoms with Gasteiger partial charge >= 0.3 is 0 Å². The van der Waals surface area contributed by atoms with E-state index in [1.807, 2.05) is 4.90 Å². The molecule has 2 atom stereocenters. The highest BCUT2D eigenvalue weighted by atomic mass is 32.2. The maximum Gasteiger partial charge on any atom is 0.254 e. The van der Waals surface area contributed by atoms with Gasteiger partial charge in [-0.25, -0.2) is 8.42 Å². The number of sulfone groups is 1. The lowest BCUT2D eigenvalue weighted by atomic mass is 9.77. The monoisotopic (exact) mass is 397 g/mol. The number of ketones is 1. The van der Waals surface area contributed by atoms with Gasteiger partial charge in [-0.05, 0) is 49.2 Å². The SMILES string of the molecule is O=C1CCN(C(=O)c2ccc(S(=O)(=O)c3ccccc3)cc2)[C@@H]2CCCC[C@@H]12. The number of hydrogen-bond donors (Lipinski definition) is 0. The van der Waals surface area contributed by atoms with E-state index < -0.39 is 9.84 Å². The molecule has 28 heavy (non-hydrogen) atoms. The van der Waals surface area contributed by atoms with E-state index in [9.17, 15) is 18.0 Å². The molecule has 0 aromatic heterocycles. The molecule has 2 aromatic carbocycles. The lowest BCUT2D eigenvalue weighted by Crippen LogP contribution is -2.53. The molecule has 0 spiro atoms. The zero-order valence-corrected chi connectivity index (χ0v) is 16.4. The van der Waals surface area contributed by atoms with Crippen LogP contribution in [0.2, 0.25) is 0 Å². The molecule has 1 saturated heterocycles. The van der Waals surface area contributed by atoms with Crippen molar-refractivity contribution in [3.05, 3.63) is 60.2 Å². The first-order chi connectivity index (χ1) is 13.5. The van der Waals surface area contributed by atoms with Crippen LogP contribution in [0.3, 0.4) is 0 Å². The Bertz CT molecular complexity index is 983. The van der Waals surface area contributed by atoms with Gasteiger partial charge in [0.05, 0.1) is 9.79 Å². The third kappa shape index (κ3) is 3.37. The number of nitrogens with zero attached hydrogens (tertiary/aromatic N) is 1. The van der Waals surface area contributed by atoms with E-state index in [4.69, 9.17) is 0 Å². The third-order valence-electron chi connectivity index (χ3n) is 5.87. The molecule has 1 saturated carbocycles. The summed E-state index contributed by atoms with van der Waals surface area (Å²) < 4.78 is 25.4. The average Bonchev–Trinajstić information content (AvgIpc) is 2.74. The number of likely N-dealkylation sites (tertiary alicyclic amines) is 1. The molecule has 4 rings (SSSR count). The normalized spacial score (nSPS) is 22.6. The van der Waals surface area contributed by atoms with Crippen LogP contribution in [0.5, 0.6) is 0 Å². The van der Waals surface area contributed by atoms with E-state index in [0.29, 0.717) is 18.5 Å². The van der Waals surface area contributed by atoms with Crippen LogP contribution in [0.1, 0.15) is 42.5 Å². The fraction of sp³-hybridized carbons (Fsp3) is 0.364. The zero-order chi connectivity index (χ0) is 19.7. The highest BCUT2D eigenvalue weighted by Gasteiger charge is 2.40. The van der Waals surface area contributed by atoms with Crippen LogP contribution in [0.15, 0.2) is 64.4 Å². The highest BCUT2D eigenvalue weighted by Crippen LogP contribution is 2.34. The standard InChI is InChI=1S/C22H23NO4S/c24-21-14-15-23(20-9-5-4-8-19(20)21)22(25)16-10-12-18(13-11-16)28(26,27)17-6-2-1-3-7-17/h1-3,6-7,10-13,19-20H,4-5,8-9,14-15H2/t19-,20-/m1/s1. The Morgan fingerprint density at radius 3 is 2.25 bits per heavy atom. The topological polar surface area (TPSA) is 71.5 Å². The molecular formula is C22H23NO4S. The van der Waals surface area contributed by atoms with Gasteiger partial charge in [0.2, 0.25) is 9.84 Å². The summed E-state index contributed by atoms with van der Waals surface area (Å²) in [4.78, 5) is 27.5. The highest BCUT2D eigenvalue weighted by molar-refractivity contribution is 7.91. The summed E-state index contributed by atoms with van der Waals surface area (Å²) >= 11 is 0. The first-order valence-corrected chi connectivity index (χ1v) is 11.2. The molecule has 1 aliphatic heterocycles. The first-order valence-electron chi connectivity index (χ1n) is 9.72. The molecule has 1 amide bonds. The van der Waals surface area contributed by atoms with Gasteiger partial charge in [0.15, 0.2) is 0 Å². The van der Waals surface area contributed by atoms with Gasteiger partial charge in [-0.3, -0.25) is 9.59 Å². The molecule has 5 nitrogen and oxygen atoms in total. The molecular weight excluding hydrogens is 374 g/mol. The number of carbonyl (C=O) groups excluding carboxylic acids is 2. The summed E-state index contributed by atoms with van der Waals surface area (Å²) in [6.07, 6.45) is 4.21. The Hall–Kier alpha value is -2.47. The molecule has 0 unspecified atom stereocenters. The lowest BCUT2D eigenvalue weighted by Gasteiger charge is -2.43. The number of piperidine rings is 1. The number of fused-ring (bicyclic) bond motifs is 1. The fourth-order valence-electron chi connectivity index (χ4n) is 4.37. The second-order valence-electron chi connectivity index (χ2n) is 7.51. The predicted octanol–water partition coefficient (Wildman–Crippen LogP) is 3.49. The minimum absolute atomic E-state index is 0.0183. The van der Waals surface area contributed by atoms with Gasteiger partial charge in [0.25, 0.3) is 5.91 Å². The Morgan fingerprint density at radius 2 is 1.54 bits per heavy atom. The quantitative estimate of drug-likeness (QED) is 0.795. The molecule has 1 aliphatic carbocycles. The molecule has 0 bridgehead atoms. The van der Waals surface area contributed by atoms with Crippen LogP contribution in [0, 0.1) is 5.92 Å². The first kappa shape index (κ1) is 18.9. The second-order valence-corrected chi connectivity index (χ2v) is 9.46. The van der Waals surface area contributed by atoms with Gasteiger partial charge < -0.3 is 4.90 Å². The van der Waals surface area contributed by atoms with Crippen LogP contribution in [0.4, 0.5) is 0 Å². The Labute approximate surface area is 165 Å². The summed E-state index contributed by atoms with van der Waals surface area (Å²) in [6.45, 7) is 0.447. The Balaban J connectivity index is 1.57. The van der Waals surface area contributed by atoms with Crippen molar-refractivity contribution >= 4 is 21.5 Å². The Kier molecular flexibility index (Phi) is 5.06. The van der Waals surface area contributed by atoms with Crippen LogP contribution in [-0.2, 0) is 14.6 Å². The maximum atomic E-state index is 13.1. The number of amides is 1. The maximum absolute atomic E-state index is 13.1. The third-order valence-corrected chi connectivity index (χ3v) is 7.65. The summed E-state index contributed by atoms with van der Waals surface area (Å²) in [7, 11) is -3.60. The number of benzene rings is 2. The predicted molar refractivity (Wildman–Crippen MR) is 105 cm³/mol. The van der Waals surface area contributed by atoms with Crippen molar-refractivity contribution in [3.63, 3.8) is 0 Å². The van der Waals surface area contributed by atoms with Gasteiger partial charge in [-0.1, -0.05) is 31.0 Å². The van der Waals surface area contributed by atoms with E-state index in [-0.39, 0.29) is 33.4 Å². The van der Waals surface area contributed by atoms with Crippen LogP contribution >= 0.6 is 0 Å². The van der Waals surface area contributed by atoms with Crippen molar-refractivity contribution in [2.45, 2.75) is 47.9 Å². The van der Waals surface area contributed by atoms with Crippen molar-refractivity contribution in [1.29, 1.82) is 0 Å². The smallest absolute Gasteiger partial charge is 0.254 e. The lowest BCUT2D eigenvalue weighted by molar-refractivity contribution is -0.129. The number of Topliss-reactive ketones (excluding diaryl/α,β-unsaturated/α-hetero) is 1. The summed E-state index contributed by atoms with van der Waals surface area (Å²) in [5.41, 5.74) is 0.464. The van der Waals surface area contributed by atoms with Crippen LogP contribution in [-0.4, -0.2) is 37.6 Å². The molecule has 146 valence electrons. The molecule has 6 heteroatoms. The van der Waals surface area contributed by atoms with E-state index in [0.717, 1.165) is 25.7 Å². The number of rotatable bonds is 3. The summed E-state index contributed by atoms with van der Waals surface area (Å²) in [6, 6.07) is 14.4. The minimum atomic E-state index is -3.60. The molecule has 1 heterocycles. The minimum Gasteiger partial charge on any atom is -0.334 e. The second kappa shape index (κ2) is 7.51. The number of carbonyl (C=O) groups is 2. The van der Waals surface area contributed by atoms with Crippen molar-refractivity contribution in [2.75, 3.05) is 6.54 Å². The molecule has 0 radical (unpaired) electrons. The summed E-state index contributed by atoms with van der Waals surface area (Å²) in [5.74, 6) is 0.121. The number of hydrogen-bond acceptors (Lipinski definition) is 4. The van der Waals surface area contributed by atoms with Crippen molar-refractivity contribution in [1.82, 2.24) is 4.90 Å². The van der Waals surface area contributed by atoms with E-state index in [1.165, 1.54) is 12.1 Å². The van der Waals surface area contributed by atoms with E-state index >= 15 is 0 Å². The molecule has 2 aliphatic rings. The van der Waals surface area contributed by atoms with Crippen molar-refractivity contribution in [2.24, 2.45) is 5.92 Å². The Morgan fingerprint density at radius 1 is 0.893 bits per heavy atom. The van der Waals surface area contributed by atoms with E-state index in [1.54, 1.807) is 42.5 Å². The van der Waals surface area contributed by atoms with Crippen LogP contribution in [0.25, 0.3) is 0 Å². The van der Waals surface area contributed by atoms with Gasteiger partial charge in [0.1, 0.15) is 5.78 Å². The fourth-order valence-corrected chi connectivity index (χ4v) is 5.65. The molecule has 2 aromatic rings. The zero-order valence-electron chi connectivity index (χ0n) is 15.6. The van der Waals surface area contributed by atoms with Gasteiger partial charge in [-0.15, -0.1) is 0 Å². The van der Waals surface area contributed by atoms with E-state index in [2.05, 4.69) is 0 Å².